The molecule has 0 bridgehead atoms. The van der Waals surface area contributed by atoms with Crippen LogP contribution >= 0.6 is 31.9 Å². The number of aliphatic carboxylic acids is 2. The van der Waals surface area contributed by atoms with Crippen LogP contribution in [-0.4, -0.2) is 22.2 Å². The molecule has 6 N–H and O–H groups in total. The molecule has 0 aliphatic rings. The average Bonchev–Trinajstić information content (AvgIpc) is 2.26. The van der Waals surface area contributed by atoms with E-state index in [1.54, 1.807) is 0 Å². The van der Waals surface area contributed by atoms with Crippen molar-refractivity contribution in [3.63, 3.8) is 0 Å². The van der Waals surface area contributed by atoms with Gasteiger partial charge >= 0.3 is 11.9 Å². The van der Waals surface area contributed by atoms with Gasteiger partial charge in [-0.15, -0.1) is 0 Å². The number of hydrogen-bond donors (Lipinski definition) is 4. The molecule has 0 atom stereocenters. The standard InChI is InChI=1S/C6H4Br2.C2H2O4.H4N2/c7-5-3-1-2-4-6(5)8;3-1(4)2(5)6;1-2/h1-4H;(H,3,4)(H,5,6);1-2H2. The van der Waals surface area contributed by atoms with Crippen LogP contribution in [-0.2, 0) is 9.59 Å². The number of benzene rings is 1. The number of hydrogen-bond acceptors (Lipinski definition) is 4. The Morgan fingerprint density at radius 1 is 0.938 bits per heavy atom. The number of rotatable bonds is 0. The van der Waals surface area contributed by atoms with Crippen molar-refractivity contribution in [1.29, 1.82) is 0 Å². The third kappa shape index (κ3) is 9.59. The lowest BCUT2D eigenvalue weighted by Crippen LogP contribution is -2.09. The molecule has 1 rings (SSSR count). The summed E-state index contributed by atoms with van der Waals surface area (Å²) in [6.45, 7) is 0. The van der Waals surface area contributed by atoms with Gasteiger partial charge in [0.1, 0.15) is 0 Å². The van der Waals surface area contributed by atoms with Gasteiger partial charge in [0.2, 0.25) is 0 Å². The Labute approximate surface area is 108 Å². The molecule has 6 nitrogen and oxygen atoms in total. The van der Waals surface area contributed by atoms with Crippen molar-refractivity contribution in [1.82, 2.24) is 0 Å². The topological polar surface area (TPSA) is 127 Å². The highest BCUT2D eigenvalue weighted by atomic mass is 79.9. The van der Waals surface area contributed by atoms with Gasteiger partial charge < -0.3 is 10.2 Å². The average molecular weight is 358 g/mol. The molecule has 1 aromatic rings. The molecule has 0 aliphatic heterocycles. The lowest BCUT2D eigenvalue weighted by molar-refractivity contribution is -0.159. The van der Waals surface area contributed by atoms with Gasteiger partial charge in [-0.1, -0.05) is 12.1 Å². The first-order chi connectivity index (χ1) is 7.45. The summed E-state index contributed by atoms with van der Waals surface area (Å²) < 4.78 is 2.19. The lowest BCUT2D eigenvalue weighted by atomic mass is 10.4. The highest BCUT2D eigenvalue weighted by molar-refractivity contribution is 9.13. The first kappa shape index (κ1) is 17.4. The Morgan fingerprint density at radius 3 is 1.31 bits per heavy atom. The van der Waals surface area contributed by atoms with Gasteiger partial charge in [0, 0.05) is 8.95 Å². The molecule has 0 unspecified atom stereocenters. The second-order valence-corrected chi connectivity index (χ2v) is 3.73. The van der Waals surface area contributed by atoms with Crippen LogP contribution in [0.5, 0.6) is 0 Å². The van der Waals surface area contributed by atoms with E-state index >= 15 is 0 Å². The maximum Gasteiger partial charge on any atom is 0.414 e. The van der Waals surface area contributed by atoms with Crippen molar-refractivity contribution in [2.24, 2.45) is 11.7 Å². The summed E-state index contributed by atoms with van der Waals surface area (Å²) >= 11 is 6.70. The predicted octanol–water partition coefficient (Wildman–Crippen LogP) is 1.19. The quantitative estimate of drug-likeness (QED) is 0.314. The zero-order valence-corrected chi connectivity index (χ0v) is 11.1. The van der Waals surface area contributed by atoms with Crippen LogP contribution in [0.1, 0.15) is 0 Å². The van der Waals surface area contributed by atoms with Crippen molar-refractivity contribution in [3.05, 3.63) is 33.2 Å². The highest BCUT2D eigenvalue weighted by Crippen LogP contribution is 2.20. The van der Waals surface area contributed by atoms with E-state index in [9.17, 15) is 0 Å². The summed E-state index contributed by atoms with van der Waals surface area (Å²) in [7, 11) is 0. The van der Waals surface area contributed by atoms with Gasteiger partial charge in [0.05, 0.1) is 0 Å². The second-order valence-electron chi connectivity index (χ2n) is 2.02. The van der Waals surface area contributed by atoms with Crippen LogP contribution in [0.25, 0.3) is 0 Å². The maximum absolute atomic E-state index is 9.10. The number of carboxylic acids is 2. The third-order valence-corrected chi connectivity index (χ3v) is 2.92. The van der Waals surface area contributed by atoms with E-state index in [0.29, 0.717) is 0 Å². The van der Waals surface area contributed by atoms with Crippen molar-refractivity contribution in [2.75, 3.05) is 0 Å². The van der Waals surface area contributed by atoms with E-state index in [1.807, 2.05) is 24.3 Å². The number of carboxylic acid groups (broad SMARTS) is 2. The van der Waals surface area contributed by atoms with Gasteiger partial charge in [0.25, 0.3) is 0 Å². The van der Waals surface area contributed by atoms with Crippen molar-refractivity contribution >= 4 is 43.8 Å². The SMILES string of the molecule is Brc1ccccc1Br.NN.O=C(O)C(=O)O. The largest absolute Gasteiger partial charge is 0.473 e. The van der Waals surface area contributed by atoms with E-state index < -0.39 is 11.9 Å². The van der Waals surface area contributed by atoms with Crippen LogP contribution in [0.2, 0.25) is 0 Å². The molecule has 1 aromatic carbocycles. The van der Waals surface area contributed by atoms with Gasteiger partial charge in [-0.2, -0.15) is 0 Å². The molecule has 0 spiro atoms. The second kappa shape index (κ2) is 10.6. The summed E-state index contributed by atoms with van der Waals surface area (Å²) in [5, 5.41) is 14.8. The molecule has 8 heteroatoms. The van der Waals surface area contributed by atoms with Crippen LogP contribution in [0, 0.1) is 0 Å². The summed E-state index contributed by atoms with van der Waals surface area (Å²) in [5.74, 6) is 4.35. The number of halogens is 2. The molecule has 0 radical (unpaired) electrons. The minimum Gasteiger partial charge on any atom is -0.473 e. The van der Waals surface area contributed by atoms with Gasteiger partial charge in [0.15, 0.2) is 0 Å². The molecule has 0 saturated carbocycles. The molecule has 0 aromatic heterocycles. The number of hydrazine groups is 1. The predicted molar refractivity (Wildman–Crippen MR) is 65.5 cm³/mol. The fraction of sp³-hybridized carbons (Fsp3) is 0. The van der Waals surface area contributed by atoms with Gasteiger partial charge in [-0.05, 0) is 44.0 Å². The van der Waals surface area contributed by atoms with Crippen LogP contribution < -0.4 is 11.7 Å². The summed E-state index contributed by atoms with van der Waals surface area (Å²) in [6, 6.07) is 7.94. The smallest absolute Gasteiger partial charge is 0.414 e. The Kier molecular flexibility index (Phi) is 11.5. The van der Waals surface area contributed by atoms with E-state index in [4.69, 9.17) is 19.8 Å². The summed E-state index contributed by atoms with van der Waals surface area (Å²) in [5.41, 5.74) is 0. The third-order valence-electron chi connectivity index (χ3n) is 1.01. The zero-order chi connectivity index (χ0) is 13.1. The van der Waals surface area contributed by atoms with E-state index in [0.717, 1.165) is 8.95 Å². The normalized spacial score (nSPS) is 7.75. The number of carbonyl (C=O) groups is 2. The number of nitrogens with two attached hydrogens (primary N) is 2. The molecule has 0 aliphatic carbocycles. The zero-order valence-electron chi connectivity index (χ0n) is 7.93. The van der Waals surface area contributed by atoms with Crippen molar-refractivity contribution in [2.45, 2.75) is 0 Å². The molecular formula is C8H10Br2N2O4. The molecule has 0 amide bonds. The van der Waals surface area contributed by atoms with E-state index in [-0.39, 0.29) is 0 Å². The minimum absolute atomic E-state index is 1.10. The highest BCUT2D eigenvalue weighted by Gasteiger charge is 2.04. The molecule has 0 saturated heterocycles. The Balaban J connectivity index is 0. The van der Waals surface area contributed by atoms with Crippen molar-refractivity contribution < 1.29 is 19.8 Å². The van der Waals surface area contributed by atoms with E-state index in [1.165, 1.54) is 0 Å². The summed E-state index contributed by atoms with van der Waals surface area (Å²) in [6.07, 6.45) is 0. The Morgan fingerprint density at radius 2 is 1.19 bits per heavy atom. The molecule has 16 heavy (non-hydrogen) atoms. The fourth-order valence-corrected chi connectivity index (χ4v) is 1.01. The first-order valence-electron chi connectivity index (χ1n) is 3.64. The van der Waals surface area contributed by atoms with Gasteiger partial charge in [-0.3, -0.25) is 11.7 Å². The van der Waals surface area contributed by atoms with Crippen LogP contribution in [0.4, 0.5) is 0 Å². The summed E-state index contributed by atoms with van der Waals surface area (Å²) in [4.78, 5) is 18.2. The fourth-order valence-electron chi connectivity index (χ4n) is 0.439. The lowest BCUT2D eigenvalue weighted by Gasteiger charge is -1.89. The molecule has 90 valence electrons. The Hall–Kier alpha value is -0.960. The molecular weight excluding hydrogens is 348 g/mol. The molecule has 0 fully saturated rings. The van der Waals surface area contributed by atoms with Gasteiger partial charge in [-0.25, -0.2) is 9.59 Å². The van der Waals surface area contributed by atoms with Crippen LogP contribution in [0.15, 0.2) is 33.2 Å². The molecule has 0 heterocycles. The first-order valence-corrected chi connectivity index (χ1v) is 5.23. The van der Waals surface area contributed by atoms with Crippen LogP contribution in [0.3, 0.4) is 0 Å². The maximum atomic E-state index is 9.10. The monoisotopic (exact) mass is 356 g/mol. The minimum atomic E-state index is -1.82. The Bertz CT molecular complexity index is 314. The van der Waals surface area contributed by atoms with E-state index in [2.05, 4.69) is 43.5 Å². The van der Waals surface area contributed by atoms with Crippen molar-refractivity contribution in [3.8, 4) is 0 Å².